The molecule has 2 unspecified atom stereocenters. The van der Waals surface area contributed by atoms with Gasteiger partial charge in [0.1, 0.15) is 11.9 Å². The van der Waals surface area contributed by atoms with E-state index < -0.39 is 12.1 Å². The Labute approximate surface area is 94.5 Å². The van der Waals surface area contributed by atoms with Crippen LogP contribution in [0.2, 0.25) is 0 Å². The quantitative estimate of drug-likeness (QED) is 0.794. The molecule has 0 saturated carbocycles. The predicted octanol–water partition coefficient (Wildman–Crippen LogP) is 1.46. The summed E-state index contributed by atoms with van der Waals surface area (Å²) in [5.41, 5.74) is 0.683. The summed E-state index contributed by atoms with van der Waals surface area (Å²) in [6.07, 6.45) is -0.913. The highest BCUT2D eigenvalue weighted by atomic mass is 16.5. The molecule has 16 heavy (non-hydrogen) atoms. The zero-order valence-corrected chi connectivity index (χ0v) is 9.38. The van der Waals surface area contributed by atoms with Crippen LogP contribution >= 0.6 is 0 Å². The van der Waals surface area contributed by atoms with Gasteiger partial charge in [-0.05, 0) is 31.5 Å². The number of rotatable bonds is 5. The molecule has 0 radical (unpaired) electrons. The van der Waals surface area contributed by atoms with Gasteiger partial charge in [0.05, 0.1) is 12.5 Å². The highest BCUT2D eigenvalue weighted by Crippen LogP contribution is 2.16. The molecular formula is C12H16O4. The topological polar surface area (TPSA) is 66.8 Å². The van der Waals surface area contributed by atoms with Crippen molar-refractivity contribution in [2.24, 2.45) is 0 Å². The Morgan fingerprint density at radius 3 is 2.69 bits per heavy atom. The lowest BCUT2D eigenvalue weighted by atomic mass is 10.1. The van der Waals surface area contributed by atoms with Crippen LogP contribution < -0.4 is 4.74 Å². The van der Waals surface area contributed by atoms with Gasteiger partial charge in [0.2, 0.25) is 0 Å². The second kappa shape index (κ2) is 5.51. The molecule has 4 nitrogen and oxygen atoms in total. The number of carbonyl (C=O) groups is 1. The molecule has 1 aromatic rings. The zero-order valence-electron chi connectivity index (χ0n) is 9.38. The van der Waals surface area contributed by atoms with E-state index in [-0.39, 0.29) is 12.5 Å². The van der Waals surface area contributed by atoms with Crippen molar-refractivity contribution >= 4 is 5.97 Å². The Morgan fingerprint density at radius 1 is 1.44 bits per heavy atom. The summed E-state index contributed by atoms with van der Waals surface area (Å²) in [5.74, 6) is -0.298. The third-order valence-electron chi connectivity index (χ3n) is 2.26. The van der Waals surface area contributed by atoms with E-state index in [2.05, 4.69) is 0 Å². The highest BCUT2D eigenvalue weighted by Gasteiger charge is 2.10. The standard InChI is InChI=1S/C12H16O4/c1-8(13)9(2)16-11-5-3-4-10(6-11)7-12(14)15/h3-6,8-9,13H,7H2,1-2H3,(H,14,15). The normalized spacial score (nSPS) is 14.2. The molecule has 2 N–H and O–H groups in total. The summed E-state index contributed by atoms with van der Waals surface area (Å²) in [6, 6.07) is 6.88. The minimum absolute atomic E-state index is 0.0275. The summed E-state index contributed by atoms with van der Waals surface area (Å²) >= 11 is 0. The molecule has 0 aliphatic carbocycles. The van der Waals surface area contributed by atoms with E-state index in [0.717, 1.165) is 0 Å². The molecule has 1 aromatic carbocycles. The van der Waals surface area contributed by atoms with Crippen LogP contribution in [0.4, 0.5) is 0 Å². The Kier molecular flexibility index (Phi) is 4.31. The summed E-state index contributed by atoms with van der Waals surface area (Å²) in [6.45, 7) is 3.40. The minimum Gasteiger partial charge on any atom is -0.488 e. The number of hydrogen-bond acceptors (Lipinski definition) is 3. The largest absolute Gasteiger partial charge is 0.488 e. The van der Waals surface area contributed by atoms with E-state index in [1.807, 2.05) is 0 Å². The number of hydrogen-bond donors (Lipinski definition) is 2. The molecule has 0 aromatic heterocycles. The van der Waals surface area contributed by atoms with Crippen LogP contribution in [0.25, 0.3) is 0 Å². The number of carboxylic acid groups (broad SMARTS) is 1. The van der Waals surface area contributed by atoms with Gasteiger partial charge in [0.25, 0.3) is 0 Å². The first-order chi connectivity index (χ1) is 7.49. The van der Waals surface area contributed by atoms with Crippen molar-refractivity contribution in [1.82, 2.24) is 0 Å². The SMILES string of the molecule is CC(O)C(C)Oc1cccc(CC(=O)O)c1. The summed E-state index contributed by atoms with van der Waals surface area (Å²) in [5, 5.41) is 17.9. The monoisotopic (exact) mass is 224 g/mol. The molecule has 0 aliphatic heterocycles. The third-order valence-corrected chi connectivity index (χ3v) is 2.26. The molecule has 0 bridgehead atoms. The number of benzene rings is 1. The second-order valence-electron chi connectivity index (χ2n) is 3.78. The van der Waals surface area contributed by atoms with Gasteiger partial charge in [-0.15, -0.1) is 0 Å². The molecule has 0 saturated heterocycles. The fourth-order valence-electron chi connectivity index (χ4n) is 1.22. The van der Waals surface area contributed by atoms with E-state index in [1.165, 1.54) is 0 Å². The average molecular weight is 224 g/mol. The van der Waals surface area contributed by atoms with Crippen molar-refractivity contribution in [1.29, 1.82) is 0 Å². The van der Waals surface area contributed by atoms with Crippen LogP contribution in [0.1, 0.15) is 19.4 Å². The maximum absolute atomic E-state index is 10.5. The Hall–Kier alpha value is -1.55. The van der Waals surface area contributed by atoms with Gasteiger partial charge >= 0.3 is 5.97 Å². The van der Waals surface area contributed by atoms with E-state index in [9.17, 15) is 9.90 Å². The molecule has 0 amide bonds. The summed E-state index contributed by atoms with van der Waals surface area (Å²) in [7, 11) is 0. The Balaban J connectivity index is 2.70. The highest BCUT2D eigenvalue weighted by molar-refractivity contribution is 5.70. The Morgan fingerprint density at radius 2 is 2.12 bits per heavy atom. The van der Waals surface area contributed by atoms with E-state index in [4.69, 9.17) is 9.84 Å². The number of carboxylic acids is 1. The van der Waals surface area contributed by atoms with E-state index >= 15 is 0 Å². The zero-order chi connectivity index (χ0) is 12.1. The van der Waals surface area contributed by atoms with E-state index in [1.54, 1.807) is 38.1 Å². The smallest absolute Gasteiger partial charge is 0.307 e. The number of aliphatic hydroxyl groups excluding tert-OH is 1. The Bertz CT molecular complexity index is 360. The number of aliphatic carboxylic acids is 1. The van der Waals surface area contributed by atoms with E-state index in [0.29, 0.717) is 11.3 Å². The van der Waals surface area contributed by atoms with Crippen molar-refractivity contribution in [2.45, 2.75) is 32.5 Å². The lowest BCUT2D eigenvalue weighted by Crippen LogP contribution is -2.25. The van der Waals surface area contributed by atoms with Crippen molar-refractivity contribution < 1.29 is 19.7 Å². The maximum Gasteiger partial charge on any atom is 0.307 e. The first-order valence-electron chi connectivity index (χ1n) is 5.14. The number of aliphatic hydroxyl groups is 1. The molecule has 2 atom stereocenters. The average Bonchev–Trinajstić information content (AvgIpc) is 2.16. The predicted molar refractivity (Wildman–Crippen MR) is 59.6 cm³/mol. The van der Waals surface area contributed by atoms with Crippen LogP contribution in [-0.4, -0.2) is 28.4 Å². The van der Waals surface area contributed by atoms with Crippen LogP contribution in [0.3, 0.4) is 0 Å². The molecule has 4 heteroatoms. The first kappa shape index (κ1) is 12.5. The van der Waals surface area contributed by atoms with Gasteiger partial charge in [-0.2, -0.15) is 0 Å². The molecule has 0 aliphatic rings. The molecule has 88 valence electrons. The molecule has 0 fully saturated rings. The molecule has 0 spiro atoms. The lowest BCUT2D eigenvalue weighted by molar-refractivity contribution is -0.136. The van der Waals surface area contributed by atoms with Crippen LogP contribution in [0.15, 0.2) is 24.3 Å². The van der Waals surface area contributed by atoms with Crippen molar-refractivity contribution in [2.75, 3.05) is 0 Å². The first-order valence-corrected chi connectivity index (χ1v) is 5.14. The van der Waals surface area contributed by atoms with Gasteiger partial charge in [0, 0.05) is 0 Å². The van der Waals surface area contributed by atoms with Crippen molar-refractivity contribution in [3.8, 4) is 5.75 Å². The lowest BCUT2D eigenvalue weighted by Gasteiger charge is -2.17. The number of ether oxygens (including phenoxy) is 1. The minimum atomic E-state index is -0.874. The van der Waals surface area contributed by atoms with Crippen molar-refractivity contribution in [3.63, 3.8) is 0 Å². The summed E-state index contributed by atoms with van der Waals surface area (Å²) < 4.78 is 5.46. The van der Waals surface area contributed by atoms with Gasteiger partial charge in [-0.25, -0.2) is 0 Å². The van der Waals surface area contributed by atoms with Crippen LogP contribution in [0.5, 0.6) is 5.75 Å². The third kappa shape index (κ3) is 3.90. The van der Waals surface area contributed by atoms with Crippen LogP contribution in [0, 0.1) is 0 Å². The second-order valence-corrected chi connectivity index (χ2v) is 3.78. The van der Waals surface area contributed by atoms with Gasteiger partial charge in [-0.1, -0.05) is 12.1 Å². The molecule has 0 heterocycles. The van der Waals surface area contributed by atoms with Gasteiger partial charge < -0.3 is 14.9 Å². The van der Waals surface area contributed by atoms with Gasteiger partial charge in [-0.3, -0.25) is 4.79 Å². The fourth-order valence-corrected chi connectivity index (χ4v) is 1.22. The van der Waals surface area contributed by atoms with Crippen molar-refractivity contribution in [3.05, 3.63) is 29.8 Å². The maximum atomic E-state index is 10.5. The fraction of sp³-hybridized carbons (Fsp3) is 0.417. The van der Waals surface area contributed by atoms with Crippen LogP contribution in [-0.2, 0) is 11.2 Å². The molecular weight excluding hydrogens is 208 g/mol. The summed E-state index contributed by atoms with van der Waals surface area (Å²) in [4.78, 5) is 10.5. The van der Waals surface area contributed by atoms with Gasteiger partial charge in [0.15, 0.2) is 0 Å². The molecule has 1 rings (SSSR count).